The molecule has 1 aromatic rings. The van der Waals surface area contributed by atoms with E-state index in [0.717, 1.165) is 58.8 Å². The van der Waals surface area contributed by atoms with Crippen molar-refractivity contribution in [3.05, 3.63) is 21.9 Å². The molecule has 0 aromatic carbocycles. The Balaban J connectivity index is 0.000000339. The topological polar surface area (TPSA) is 70.1 Å². The number of alkyl halides is 3. The molecule has 1 amide bonds. The average Bonchev–Trinajstić information content (AvgIpc) is 3.43. The van der Waals surface area contributed by atoms with Crippen LogP contribution in [0.15, 0.2) is 12.1 Å². The Morgan fingerprint density at radius 3 is 2.35 bits per heavy atom. The third-order valence-electron chi connectivity index (χ3n) is 6.34. The molecule has 3 saturated heterocycles. The molecular weight excluding hydrogens is 433 g/mol. The van der Waals surface area contributed by atoms with Crippen LogP contribution in [0.25, 0.3) is 0 Å². The molecule has 0 saturated carbocycles. The minimum Gasteiger partial charge on any atom is -0.475 e. The molecule has 6 nitrogen and oxygen atoms in total. The summed E-state index contributed by atoms with van der Waals surface area (Å²) in [5, 5.41) is 7.12. The van der Waals surface area contributed by atoms with Crippen molar-refractivity contribution in [3.8, 4) is 0 Å². The number of likely N-dealkylation sites (tertiary alicyclic amines) is 2. The number of aryl methyl sites for hydroxylation is 1. The van der Waals surface area contributed by atoms with E-state index < -0.39 is 12.1 Å². The average molecular weight is 463 g/mol. The highest BCUT2D eigenvalue weighted by Crippen LogP contribution is 2.46. The number of ether oxygens (including phenoxy) is 1. The number of nitrogens with zero attached hydrogens (tertiary/aromatic N) is 2. The summed E-state index contributed by atoms with van der Waals surface area (Å²) in [7, 11) is 0. The molecule has 0 bridgehead atoms. The highest BCUT2D eigenvalue weighted by molar-refractivity contribution is 7.11. The monoisotopic (exact) mass is 462 g/mol. The van der Waals surface area contributed by atoms with Gasteiger partial charge in [-0.25, -0.2) is 4.79 Å². The molecule has 3 fully saturated rings. The van der Waals surface area contributed by atoms with Crippen LogP contribution >= 0.6 is 11.3 Å². The van der Waals surface area contributed by atoms with E-state index in [9.17, 15) is 18.0 Å². The number of aliphatic carboxylic acids is 1. The quantitative estimate of drug-likeness (QED) is 0.744. The van der Waals surface area contributed by atoms with Crippen LogP contribution in [0, 0.1) is 18.3 Å². The second-order valence-corrected chi connectivity index (χ2v) is 9.92. The van der Waals surface area contributed by atoms with E-state index in [4.69, 9.17) is 14.6 Å². The molecular formula is C21H29F3N2O4S. The molecule has 174 valence electrons. The lowest BCUT2D eigenvalue weighted by molar-refractivity contribution is -0.192. The molecule has 0 radical (unpaired) electrons. The van der Waals surface area contributed by atoms with E-state index in [1.165, 1.54) is 22.6 Å². The van der Waals surface area contributed by atoms with Crippen LogP contribution in [-0.4, -0.2) is 72.4 Å². The molecule has 4 rings (SSSR count). The van der Waals surface area contributed by atoms with Gasteiger partial charge in [-0.3, -0.25) is 9.69 Å². The molecule has 3 aliphatic heterocycles. The second kappa shape index (κ2) is 9.87. The van der Waals surface area contributed by atoms with Crippen LogP contribution in [0.5, 0.6) is 0 Å². The van der Waals surface area contributed by atoms with Crippen molar-refractivity contribution in [2.75, 3.05) is 39.4 Å². The number of amides is 1. The Hall–Kier alpha value is -1.65. The fourth-order valence-electron chi connectivity index (χ4n) is 4.77. The normalized spacial score (nSPS) is 23.6. The zero-order chi connectivity index (χ0) is 22.6. The van der Waals surface area contributed by atoms with E-state index in [2.05, 4.69) is 28.9 Å². The van der Waals surface area contributed by atoms with Crippen molar-refractivity contribution in [1.82, 2.24) is 9.80 Å². The molecule has 1 unspecified atom stereocenters. The fraction of sp³-hybridized carbons (Fsp3) is 0.714. The van der Waals surface area contributed by atoms with Crippen molar-refractivity contribution < 1.29 is 32.6 Å². The summed E-state index contributed by atoms with van der Waals surface area (Å²) in [6, 6.07) is 4.44. The van der Waals surface area contributed by atoms with Crippen LogP contribution in [0.3, 0.4) is 0 Å². The second-order valence-electron chi connectivity index (χ2n) is 8.54. The lowest BCUT2D eigenvalue weighted by atomic mass is 9.71. The van der Waals surface area contributed by atoms with Gasteiger partial charge in [-0.05, 0) is 44.7 Å². The summed E-state index contributed by atoms with van der Waals surface area (Å²) in [6.45, 7) is 8.69. The first-order valence-electron chi connectivity index (χ1n) is 10.5. The molecule has 4 heterocycles. The van der Waals surface area contributed by atoms with E-state index in [-0.39, 0.29) is 11.3 Å². The number of carbonyl (C=O) groups excluding carboxylic acids is 1. The lowest BCUT2D eigenvalue weighted by Crippen LogP contribution is -2.45. The summed E-state index contributed by atoms with van der Waals surface area (Å²) in [5.41, 5.74) is 0.143. The van der Waals surface area contributed by atoms with Gasteiger partial charge >= 0.3 is 12.1 Å². The van der Waals surface area contributed by atoms with Gasteiger partial charge in [-0.2, -0.15) is 13.2 Å². The van der Waals surface area contributed by atoms with Gasteiger partial charge in [0.2, 0.25) is 5.91 Å². The van der Waals surface area contributed by atoms with Crippen molar-refractivity contribution in [1.29, 1.82) is 0 Å². The van der Waals surface area contributed by atoms with Crippen LogP contribution < -0.4 is 0 Å². The molecule has 1 aromatic heterocycles. The summed E-state index contributed by atoms with van der Waals surface area (Å²) in [6.07, 6.45) is -0.659. The number of carboxylic acid groups (broad SMARTS) is 1. The van der Waals surface area contributed by atoms with Crippen LogP contribution in [0.2, 0.25) is 0 Å². The minimum absolute atomic E-state index is 0.143. The third-order valence-corrected chi connectivity index (χ3v) is 7.33. The summed E-state index contributed by atoms with van der Waals surface area (Å²) in [4.78, 5) is 29.5. The SMILES string of the molecule is Cc1ccc(CN2CC(C(=O)N3CCCC3)C3(CCOCC3)C2)s1.O=C(O)C(F)(F)F. The van der Waals surface area contributed by atoms with Gasteiger partial charge in [0.1, 0.15) is 0 Å². The van der Waals surface area contributed by atoms with E-state index >= 15 is 0 Å². The van der Waals surface area contributed by atoms with Crippen molar-refractivity contribution in [3.63, 3.8) is 0 Å². The minimum atomic E-state index is -5.08. The molecule has 0 aliphatic carbocycles. The van der Waals surface area contributed by atoms with E-state index in [0.29, 0.717) is 5.91 Å². The van der Waals surface area contributed by atoms with Crippen LogP contribution in [0.1, 0.15) is 35.4 Å². The van der Waals surface area contributed by atoms with Crippen molar-refractivity contribution in [2.45, 2.75) is 45.3 Å². The maximum absolute atomic E-state index is 13.2. The standard InChI is InChI=1S/C19H28N2O2S.C2HF3O2/c1-15-4-5-16(24-15)12-20-13-17(18(22)21-8-2-3-9-21)19(14-20)6-10-23-11-7-19;3-2(4,5)1(6)7/h4-5,17H,2-3,6-14H2,1H3;(H,6,7). The number of halogens is 3. The molecule has 1 N–H and O–H groups in total. The number of hydrogen-bond acceptors (Lipinski definition) is 5. The number of carboxylic acids is 1. The first-order valence-corrected chi connectivity index (χ1v) is 11.4. The molecule has 1 spiro atoms. The Bertz CT molecular complexity index is 771. The Morgan fingerprint density at radius 1 is 1.23 bits per heavy atom. The summed E-state index contributed by atoms with van der Waals surface area (Å²) >= 11 is 1.88. The Morgan fingerprint density at radius 2 is 1.84 bits per heavy atom. The van der Waals surface area contributed by atoms with Crippen molar-refractivity contribution >= 4 is 23.2 Å². The Labute approximate surface area is 184 Å². The first-order chi connectivity index (χ1) is 14.6. The number of carbonyl (C=O) groups is 2. The third kappa shape index (κ3) is 5.98. The molecule has 3 aliphatic rings. The van der Waals surface area contributed by atoms with Gasteiger partial charge < -0.3 is 14.7 Å². The number of hydrogen-bond donors (Lipinski definition) is 1. The van der Waals surface area contributed by atoms with Crippen LogP contribution in [-0.2, 0) is 20.9 Å². The predicted octanol–water partition coefficient (Wildman–Crippen LogP) is 3.54. The largest absolute Gasteiger partial charge is 0.490 e. The van der Waals surface area contributed by atoms with Gasteiger partial charge in [0.15, 0.2) is 0 Å². The van der Waals surface area contributed by atoms with Gasteiger partial charge in [0.05, 0.1) is 5.92 Å². The molecule has 31 heavy (non-hydrogen) atoms. The van der Waals surface area contributed by atoms with Gasteiger partial charge in [0.25, 0.3) is 0 Å². The zero-order valence-electron chi connectivity index (χ0n) is 17.6. The van der Waals surface area contributed by atoms with Crippen molar-refractivity contribution in [2.24, 2.45) is 11.3 Å². The highest BCUT2D eigenvalue weighted by Gasteiger charge is 2.51. The van der Waals surface area contributed by atoms with E-state index in [1.54, 1.807) is 0 Å². The fourth-order valence-corrected chi connectivity index (χ4v) is 5.70. The van der Waals surface area contributed by atoms with E-state index in [1.807, 2.05) is 11.3 Å². The van der Waals surface area contributed by atoms with Gasteiger partial charge in [-0.15, -0.1) is 11.3 Å². The lowest BCUT2D eigenvalue weighted by Gasteiger charge is -2.38. The summed E-state index contributed by atoms with van der Waals surface area (Å²) < 4.78 is 37.4. The number of thiophene rings is 1. The molecule has 1 atom stereocenters. The van der Waals surface area contributed by atoms with Crippen LogP contribution in [0.4, 0.5) is 13.2 Å². The van der Waals surface area contributed by atoms with Gasteiger partial charge in [-0.1, -0.05) is 0 Å². The Kier molecular flexibility index (Phi) is 7.64. The first kappa shape index (κ1) is 24.0. The predicted molar refractivity (Wildman–Crippen MR) is 110 cm³/mol. The maximum Gasteiger partial charge on any atom is 0.490 e. The highest BCUT2D eigenvalue weighted by atomic mass is 32.1. The number of rotatable bonds is 3. The smallest absolute Gasteiger partial charge is 0.475 e. The van der Waals surface area contributed by atoms with Gasteiger partial charge in [0, 0.05) is 61.1 Å². The maximum atomic E-state index is 13.2. The summed E-state index contributed by atoms with van der Waals surface area (Å²) in [5.74, 6) is -2.17. The zero-order valence-corrected chi connectivity index (χ0v) is 18.4. The molecule has 10 heteroatoms.